The fourth-order valence-corrected chi connectivity index (χ4v) is 14.6. The van der Waals surface area contributed by atoms with Gasteiger partial charge in [-0.2, -0.15) is 0 Å². The highest BCUT2D eigenvalue weighted by atomic mass is 79.9. The minimum atomic E-state index is 0.901. The molecule has 4 aromatic carbocycles. The molecule has 9 rings (SSSR count). The molecule has 67 heavy (non-hydrogen) atoms. The summed E-state index contributed by atoms with van der Waals surface area (Å²) in [4.78, 5) is 16.3. The number of halogens is 8. The normalized spacial score (nSPS) is 12.9. The van der Waals surface area contributed by atoms with Crippen LogP contribution in [0.15, 0.2) is 90.4 Å². The molecule has 0 saturated heterocycles. The van der Waals surface area contributed by atoms with Gasteiger partial charge in [0.1, 0.15) is 0 Å². The number of nitrogens with one attached hydrogen (secondary N) is 4. The number of hydrogen-bond donors (Lipinski definition) is 4. The summed E-state index contributed by atoms with van der Waals surface area (Å²) < 4.78 is 7.22. The van der Waals surface area contributed by atoms with Crippen molar-refractivity contribution in [1.82, 2.24) is 19.9 Å². The molecule has 5 heterocycles. The van der Waals surface area contributed by atoms with Gasteiger partial charge in [0, 0.05) is 22.3 Å². The van der Waals surface area contributed by atoms with E-state index in [0.29, 0.717) is 0 Å². The molecule has 1 aliphatic rings. The highest BCUT2D eigenvalue weighted by molar-refractivity contribution is 9.14. The first-order valence-corrected chi connectivity index (χ1v) is 28.1. The van der Waals surface area contributed by atoms with Crippen molar-refractivity contribution in [2.24, 2.45) is 0 Å². The molecule has 342 valence electrons. The van der Waals surface area contributed by atoms with Crippen LogP contribution in [0.1, 0.15) is 106 Å². The Morgan fingerprint density at radius 1 is 0.269 bits per heavy atom. The van der Waals surface area contributed by atoms with E-state index >= 15 is 0 Å². The first-order chi connectivity index (χ1) is 31.6. The zero-order valence-electron chi connectivity index (χ0n) is 38.7. The van der Waals surface area contributed by atoms with E-state index in [0.717, 1.165) is 136 Å². The lowest BCUT2D eigenvalue weighted by Crippen LogP contribution is -2.21. The van der Waals surface area contributed by atoms with Crippen LogP contribution < -0.4 is 21.4 Å². The summed E-state index contributed by atoms with van der Waals surface area (Å²) in [7, 11) is 0. The van der Waals surface area contributed by atoms with Gasteiger partial charge < -0.3 is 19.9 Å². The third-order valence-electron chi connectivity index (χ3n) is 13.0. The zero-order valence-corrected chi connectivity index (χ0v) is 51.4. The Kier molecular flexibility index (Phi) is 13.6. The number of aromatic nitrogens is 4. The Labute approximate surface area is 458 Å². The van der Waals surface area contributed by atoms with E-state index in [2.05, 4.69) is 278 Å². The van der Waals surface area contributed by atoms with Gasteiger partial charge in [0.15, 0.2) is 0 Å². The van der Waals surface area contributed by atoms with Gasteiger partial charge >= 0.3 is 0 Å². The molecule has 1 aliphatic heterocycles. The molecule has 4 nitrogen and oxygen atoms in total. The second kappa shape index (κ2) is 18.5. The molecule has 0 unspecified atom stereocenters. The van der Waals surface area contributed by atoms with Gasteiger partial charge in [0.05, 0.1) is 80.0 Å². The number of H-pyrrole nitrogens is 4. The molecule has 0 aliphatic carbocycles. The monoisotopic (exact) mass is 1390 g/mol. The van der Waals surface area contributed by atoms with Crippen molar-refractivity contribution in [1.29, 1.82) is 0 Å². The standard InChI is InChI=1S/C55H46Br8N4/c1-21-15-26(6)33(27(7)16-21)37-50-42(58)40(56)48(64-50)36(32-24(4)13-12-14-25(32)5)49-41(57)43(59)51(65-49)38(34-28(8)17-22(2)18-29(34)9)53-45(61)47(63)55(67-53)39(54-46(62)44(60)52(37)66-54)35-30(10)19-23(3)20-31(35)11/h12-20,64-67H,1-11H3. The topological polar surface area (TPSA) is 63.2 Å². The molecule has 0 fully saturated rings. The van der Waals surface area contributed by atoms with Crippen LogP contribution in [0.2, 0.25) is 0 Å². The van der Waals surface area contributed by atoms with E-state index in [1.165, 1.54) is 50.1 Å². The second-order valence-electron chi connectivity index (χ2n) is 18.1. The first kappa shape index (κ1) is 49.3. The highest BCUT2D eigenvalue weighted by Gasteiger charge is 2.31. The van der Waals surface area contributed by atoms with Crippen LogP contribution in [-0.4, -0.2) is 19.9 Å². The summed E-state index contributed by atoms with van der Waals surface area (Å²) in [6.07, 6.45) is 0. The van der Waals surface area contributed by atoms with Gasteiger partial charge in [0.25, 0.3) is 0 Å². The van der Waals surface area contributed by atoms with Gasteiger partial charge in [0.2, 0.25) is 0 Å². The molecular formula is C55H46Br8N4. The van der Waals surface area contributed by atoms with Crippen LogP contribution in [0.5, 0.6) is 0 Å². The smallest absolute Gasteiger partial charge is 0.0642 e. The van der Waals surface area contributed by atoms with E-state index < -0.39 is 0 Å². The fraction of sp³-hybridized carbons (Fsp3) is 0.200. The number of aromatic amines is 4. The Morgan fingerprint density at radius 2 is 0.478 bits per heavy atom. The van der Waals surface area contributed by atoms with Gasteiger partial charge in [-0.25, -0.2) is 0 Å². The maximum atomic E-state index is 4.21. The SMILES string of the molecule is Cc1cc(C)c(C2=c3[nH]c(c(Br)c3Br)=C(c3c(C)cccc3C)c3[nH]c(c(Br)c3Br)C(c3c(C)cc(C)cc3C)=c3[nH]c(c(Br)c3Br)=C(c3c(C)cc(C)cc3C)c3[nH]c2c(Br)c3Br)c(C)c1. The van der Waals surface area contributed by atoms with E-state index in [1.807, 2.05) is 0 Å². The van der Waals surface area contributed by atoms with Gasteiger partial charge in [-0.3, -0.25) is 0 Å². The average Bonchev–Trinajstić information content (AvgIpc) is 3.90. The Balaban J connectivity index is 1.66. The van der Waals surface area contributed by atoms with Crippen molar-refractivity contribution in [3.63, 3.8) is 0 Å². The van der Waals surface area contributed by atoms with Crippen LogP contribution in [0.25, 0.3) is 22.3 Å². The third kappa shape index (κ3) is 8.11. The van der Waals surface area contributed by atoms with E-state index in [-0.39, 0.29) is 0 Å². The van der Waals surface area contributed by atoms with Crippen LogP contribution in [0, 0.1) is 76.2 Å². The minimum absolute atomic E-state index is 0.901. The van der Waals surface area contributed by atoms with Crippen molar-refractivity contribution in [3.8, 4) is 0 Å². The maximum absolute atomic E-state index is 4.21. The Hall–Kier alpha value is -2.68. The van der Waals surface area contributed by atoms with Gasteiger partial charge in [-0.15, -0.1) is 0 Å². The number of benzene rings is 4. The maximum Gasteiger partial charge on any atom is 0.0642 e. The largest absolute Gasteiger partial charge is 0.352 e. The van der Waals surface area contributed by atoms with Crippen molar-refractivity contribution in [2.45, 2.75) is 76.2 Å². The van der Waals surface area contributed by atoms with Crippen molar-refractivity contribution < 1.29 is 0 Å². The summed E-state index contributed by atoms with van der Waals surface area (Å²) in [5, 5.41) is 3.68. The summed E-state index contributed by atoms with van der Waals surface area (Å²) in [5.41, 5.74) is 25.2. The molecule has 8 aromatic rings. The van der Waals surface area contributed by atoms with Crippen molar-refractivity contribution in [2.75, 3.05) is 0 Å². The Morgan fingerprint density at radius 3 is 0.701 bits per heavy atom. The third-order valence-corrected chi connectivity index (χ3v) is 21.5. The van der Waals surface area contributed by atoms with Crippen LogP contribution in [0.3, 0.4) is 0 Å². The van der Waals surface area contributed by atoms with E-state index in [4.69, 9.17) is 0 Å². The molecule has 0 saturated carbocycles. The predicted molar refractivity (Wildman–Crippen MR) is 308 cm³/mol. The number of rotatable bonds is 4. The van der Waals surface area contributed by atoms with Crippen LogP contribution in [0.4, 0.5) is 0 Å². The summed E-state index contributed by atoms with van der Waals surface area (Å²) >= 11 is 33.6. The van der Waals surface area contributed by atoms with Gasteiger partial charge in [-0.1, -0.05) is 71.3 Å². The number of fused-ring (bicyclic) bond motifs is 8. The second-order valence-corrected chi connectivity index (χ2v) is 24.4. The van der Waals surface area contributed by atoms with Gasteiger partial charge in [-0.05, 0) is 270 Å². The number of aryl methyl sites for hydroxylation is 11. The van der Waals surface area contributed by atoms with Crippen LogP contribution >= 0.6 is 127 Å². The van der Waals surface area contributed by atoms with E-state index in [9.17, 15) is 0 Å². The molecule has 0 radical (unpaired) electrons. The summed E-state index contributed by atoms with van der Waals surface area (Å²) in [6.45, 7) is 24.1. The van der Waals surface area contributed by atoms with Crippen LogP contribution in [-0.2, 0) is 0 Å². The zero-order chi connectivity index (χ0) is 48.4. The molecule has 4 N–H and O–H groups in total. The first-order valence-electron chi connectivity index (χ1n) is 21.7. The quantitative estimate of drug-likeness (QED) is 0.136. The molecular weight excluding hydrogens is 1360 g/mol. The lowest BCUT2D eigenvalue weighted by atomic mass is 9.91. The molecule has 4 aromatic heterocycles. The van der Waals surface area contributed by atoms with Crippen molar-refractivity contribution >= 4 is 150 Å². The van der Waals surface area contributed by atoms with Crippen molar-refractivity contribution in [3.05, 3.63) is 218 Å². The fourth-order valence-electron chi connectivity index (χ4n) is 10.6. The number of hydrogen-bond acceptors (Lipinski definition) is 0. The summed E-state index contributed by atoms with van der Waals surface area (Å²) in [6, 6.07) is 20.1. The minimum Gasteiger partial charge on any atom is -0.352 e. The predicted octanol–water partition coefficient (Wildman–Crippen LogP) is 15.8. The average molecular weight is 1400 g/mol. The molecule has 0 amide bonds. The summed E-state index contributed by atoms with van der Waals surface area (Å²) in [5.74, 6) is 0. The molecule has 0 spiro atoms. The van der Waals surface area contributed by atoms with E-state index in [1.54, 1.807) is 0 Å². The lowest BCUT2D eigenvalue weighted by Gasteiger charge is -2.17. The molecule has 0 atom stereocenters. The highest BCUT2D eigenvalue weighted by Crippen LogP contribution is 2.45. The molecule has 12 heteroatoms. The lowest BCUT2D eigenvalue weighted by molar-refractivity contribution is 1.16. The molecule has 8 bridgehead atoms. The Bertz CT molecular complexity index is 3650.